The molecule has 0 saturated carbocycles. The zero-order valence-corrected chi connectivity index (χ0v) is 10.3. The van der Waals surface area contributed by atoms with Crippen LogP contribution in [-0.2, 0) is 5.54 Å². The molecule has 3 N–H and O–H groups in total. The lowest BCUT2D eigenvalue weighted by molar-refractivity contribution is 0.183. The molecule has 0 radical (unpaired) electrons. The third-order valence-electron chi connectivity index (χ3n) is 3.68. The van der Waals surface area contributed by atoms with E-state index in [-0.39, 0.29) is 18.3 Å². The molecule has 0 bridgehead atoms. The highest BCUT2D eigenvalue weighted by Gasteiger charge is 2.45. The third kappa shape index (κ3) is 2.19. The van der Waals surface area contributed by atoms with Gasteiger partial charge in [0.15, 0.2) is 0 Å². The number of rotatable bonds is 4. The Kier molecular flexibility index (Phi) is 3.80. The number of aliphatic hydroxyl groups is 1. The van der Waals surface area contributed by atoms with E-state index in [9.17, 15) is 9.50 Å². The van der Waals surface area contributed by atoms with Crippen molar-refractivity contribution >= 4 is 0 Å². The van der Waals surface area contributed by atoms with Crippen molar-refractivity contribution in [2.24, 2.45) is 11.7 Å². The minimum Gasteiger partial charge on any atom is -0.396 e. The largest absolute Gasteiger partial charge is 0.396 e. The summed E-state index contributed by atoms with van der Waals surface area (Å²) in [6.07, 6.45) is 1.79. The highest BCUT2D eigenvalue weighted by molar-refractivity contribution is 5.29. The van der Waals surface area contributed by atoms with E-state index in [1.807, 2.05) is 0 Å². The number of nitrogens with two attached hydrogens (primary N) is 1. The molecule has 0 spiro atoms. The average molecular weight is 250 g/mol. The van der Waals surface area contributed by atoms with Crippen molar-refractivity contribution in [2.45, 2.75) is 5.54 Å². The predicted octanol–water partition coefficient (Wildman–Crippen LogP) is 1.09. The summed E-state index contributed by atoms with van der Waals surface area (Å²) < 4.78 is 13.9. The van der Waals surface area contributed by atoms with Gasteiger partial charge in [-0.15, -0.1) is 6.58 Å². The van der Waals surface area contributed by atoms with Crippen molar-refractivity contribution in [1.82, 2.24) is 4.90 Å². The first-order valence-electron chi connectivity index (χ1n) is 6.10. The van der Waals surface area contributed by atoms with E-state index in [0.717, 1.165) is 0 Å². The molecule has 1 aromatic rings. The van der Waals surface area contributed by atoms with Crippen LogP contribution in [0.15, 0.2) is 36.9 Å². The second-order valence-electron chi connectivity index (χ2n) is 4.88. The molecule has 1 fully saturated rings. The molecular weight excluding hydrogens is 231 g/mol. The van der Waals surface area contributed by atoms with Gasteiger partial charge in [0, 0.05) is 37.7 Å². The van der Waals surface area contributed by atoms with Gasteiger partial charge in [-0.3, -0.25) is 4.90 Å². The average Bonchev–Trinajstić information content (AvgIpc) is 2.67. The van der Waals surface area contributed by atoms with Gasteiger partial charge in [-0.05, 0) is 6.07 Å². The molecule has 98 valence electrons. The van der Waals surface area contributed by atoms with Crippen LogP contribution in [0, 0.1) is 11.7 Å². The molecule has 1 saturated heterocycles. The van der Waals surface area contributed by atoms with Crippen molar-refractivity contribution in [3.05, 3.63) is 48.3 Å². The van der Waals surface area contributed by atoms with E-state index in [1.54, 1.807) is 24.3 Å². The molecule has 1 aliphatic rings. The van der Waals surface area contributed by atoms with Gasteiger partial charge in [0.2, 0.25) is 0 Å². The second-order valence-corrected chi connectivity index (χ2v) is 4.88. The molecular formula is C14H19FN2O. The Labute approximate surface area is 107 Å². The lowest BCUT2D eigenvalue weighted by Gasteiger charge is -2.30. The summed E-state index contributed by atoms with van der Waals surface area (Å²) in [5.74, 6) is -0.465. The number of benzene rings is 1. The molecule has 0 amide bonds. The lowest BCUT2D eigenvalue weighted by Crippen LogP contribution is -2.46. The van der Waals surface area contributed by atoms with E-state index in [4.69, 9.17) is 5.73 Å². The molecule has 0 aromatic heterocycles. The summed E-state index contributed by atoms with van der Waals surface area (Å²) in [5, 5.41) is 9.48. The van der Waals surface area contributed by atoms with E-state index in [2.05, 4.69) is 11.5 Å². The summed E-state index contributed by atoms with van der Waals surface area (Å²) in [5.41, 5.74) is 6.03. The standard InChI is InChI=1S/C14H19FN2O/c1-2-7-17-8-11(9-18)14(16,10-17)12-5-3-4-6-13(12)15/h2-6,11,18H,1,7-10,16H2/t11-,14?/m0/s1. The number of hydrogen-bond donors (Lipinski definition) is 2. The zero-order valence-electron chi connectivity index (χ0n) is 10.3. The fourth-order valence-corrected chi connectivity index (χ4v) is 2.72. The van der Waals surface area contributed by atoms with Gasteiger partial charge in [-0.25, -0.2) is 4.39 Å². The molecule has 2 rings (SSSR count). The highest BCUT2D eigenvalue weighted by atomic mass is 19.1. The van der Waals surface area contributed by atoms with Crippen LogP contribution in [0.1, 0.15) is 5.56 Å². The fraction of sp³-hybridized carbons (Fsp3) is 0.429. The maximum Gasteiger partial charge on any atom is 0.128 e. The molecule has 1 unspecified atom stereocenters. The van der Waals surface area contributed by atoms with E-state index in [1.165, 1.54) is 6.07 Å². The second kappa shape index (κ2) is 5.18. The molecule has 0 aliphatic carbocycles. The topological polar surface area (TPSA) is 49.5 Å². The first-order chi connectivity index (χ1) is 8.61. The fourth-order valence-electron chi connectivity index (χ4n) is 2.72. The van der Waals surface area contributed by atoms with Crippen LogP contribution in [0.4, 0.5) is 4.39 Å². The summed E-state index contributed by atoms with van der Waals surface area (Å²) in [6, 6.07) is 6.54. The Morgan fingerprint density at radius 1 is 1.56 bits per heavy atom. The Balaban J connectivity index is 2.34. The third-order valence-corrected chi connectivity index (χ3v) is 3.68. The predicted molar refractivity (Wildman–Crippen MR) is 69.5 cm³/mol. The van der Waals surface area contributed by atoms with Crippen LogP contribution in [0.25, 0.3) is 0 Å². The van der Waals surface area contributed by atoms with Gasteiger partial charge in [0.25, 0.3) is 0 Å². The van der Waals surface area contributed by atoms with Crippen LogP contribution >= 0.6 is 0 Å². The summed E-state index contributed by atoms with van der Waals surface area (Å²) in [4.78, 5) is 2.08. The Hall–Kier alpha value is -1.23. The van der Waals surface area contributed by atoms with Crippen molar-refractivity contribution in [1.29, 1.82) is 0 Å². The van der Waals surface area contributed by atoms with Crippen LogP contribution in [0.5, 0.6) is 0 Å². The minimum atomic E-state index is -0.830. The normalized spacial score (nSPS) is 28.5. The number of aliphatic hydroxyl groups excluding tert-OH is 1. The SMILES string of the molecule is C=CCN1C[C@@H](CO)C(N)(c2ccccc2F)C1. The maximum atomic E-state index is 13.9. The molecule has 1 aliphatic heterocycles. The highest BCUT2D eigenvalue weighted by Crippen LogP contribution is 2.35. The molecule has 18 heavy (non-hydrogen) atoms. The smallest absolute Gasteiger partial charge is 0.128 e. The van der Waals surface area contributed by atoms with Crippen LogP contribution in [-0.4, -0.2) is 36.2 Å². The number of nitrogens with zero attached hydrogens (tertiary/aromatic N) is 1. The van der Waals surface area contributed by atoms with Gasteiger partial charge in [-0.1, -0.05) is 24.3 Å². The van der Waals surface area contributed by atoms with Gasteiger partial charge in [0.1, 0.15) is 5.82 Å². The van der Waals surface area contributed by atoms with E-state index >= 15 is 0 Å². The van der Waals surface area contributed by atoms with Crippen LogP contribution in [0.3, 0.4) is 0 Å². The number of likely N-dealkylation sites (tertiary alicyclic amines) is 1. The van der Waals surface area contributed by atoms with Gasteiger partial charge >= 0.3 is 0 Å². The Morgan fingerprint density at radius 3 is 2.89 bits per heavy atom. The monoisotopic (exact) mass is 250 g/mol. The molecule has 2 atom stereocenters. The van der Waals surface area contributed by atoms with Crippen molar-refractivity contribution < 1.29 is 9.50 Å². The lowest BCUT2D eigenvalue weighted by atomic mass is 9.81. The molecule has 4 heteroatoms. The first kappa shape index (κ1) is 13.2. The number of hydrogen-bond acceptors (Lipinski definition) is 3. The zero-order chi connectivity index (χ0) is 13.2. The van der Waals surface area contributed by atoms with Gasteiger partial charge in [0.05, 0.1) is 5.54 Å². The first-order valence-corrected chi connectivity index (χ1v) is 6.10. The summed E-state index contributed by atoms with van der Waals surface area (Å²) in [6.45, 7) is 5.54. The van der Waals surface area contributed by atoms with E-state index < -0.39 is 5.54 Å². The van der Waals surface area contributed by atoms with Crippen LogP contribution in [0.2, 0.25) is 0 Å². The van der Waals surface area contributed by atoms with E-state index in [0.29, 0.717) is 25.2 Å². The van der Waals surface area contributed by atoms with Crippen molar-refractivity contribution in [3.63, 3.8) is 0 Å². The molecule has 1 aromatic carbocycles. The van der Waals surface area contributed by atoms with Crippen molar-refractivity contribution in [3.8, 4) is 0 Å². The summed E-state index contributed by atoms with van der Waals surface area (Å²) >= 11 is 0. The minimum absolute atomic E-state index is 0.0432. The Morgan fingerprint density at radius 2 is 2.28 bits per heavy atom. The Bertz CT molecular complexity index is 438. The molecule has 1 heterocycles. The number of halogens is 1. The van der Waals surface area contributed by atoms with Gasteiger partial charge in [-0.2, -0.15) is 0 Å². The quantitative estimate of drug-likeness (QED) is 0.786. The van der Waals surface area contributed by atoms with Gasteiger partial charge < -0.3 is 10.8 Å². The van der Waals surface area contributed by atoms with Crippen molar-refractivity contribution in [2.75, 3.05) is 26.2 Å². The molecule has 3 nitrogen and oxygen atoms in total. The van der Waals surface area contributed by atoms with Crippen LogP contribution < -0.4 is 5.73 Å². The summed E-state index contributed by atoms with van der Waals surface area (Å²) in [7, 11) is 0. The maximum absolute atomic E-state index is 13.9.